The largest absolute Gasteiger partial charge is 0.495 e. The Morgan fingerprint density at radius 1 is 1.15 bits per heavy atom. The molecule has 0 heterocycles. The molecule has 0 radical (unpaired) electrons. The van der Waals surface area contributed by atoms with E-state index in [0.717, 1.165) is 19.5 Å². The minimum Gasteiger partial charge on any atom is -0.495 e. The van der Waals surface area contributed by atoms with Gasteiger partial charge >= 0.3 is 0 Å². The predicted octanol–water partition coefficient (Wildman–Crippen LogP) is 5.81. The molecule has 0 fully saturated rings. The van der Waals surface area contributed by atoms with E-state index in [1.807, 2.05) is 13.0 Å². The quantitative estimate of drug-likeness (QED) is 0.475. The zero-order valence-electron chi connectivity index (χ0n) is 15.3. The minimum atomic E-state index is -0.136. The standard InChI is InChI=1S/C21H25Cl2NO2/c1-16(2)25-15-19(26-21-10-9-18(22)13-20(21)23)11-12-24(3)14-17-7-5-4-6-8-17/h4-10,13,19H,1,11-12,14-15H2,2-3H3/t19-/m1/s1. The summed E-state index contributed by atoms with van der Waals surface area (Å²) >= 11 is 12.2. The Bertz CT molecular complexity index is 706. The van der Waals surface area contributed by atoms with Gasteiger partial charge in [-0.05, 0) is 37.7 Å². The van der Waals surface area contributed by atoms with Crippen molar-refractivity contribution in [1.29, 1.82) is 0 Å². The first-order valence-corrected chi connectivity index (χ1v) is 9.32. The normalized spacial score (nSPS) is 12.0. The van der Waals surface area contributed by atoms with Crippen molar-refractivity contribution in [1.82, 2.24) is 4.90 Å². The van der Waals surface area contributed by atoms with E-state index in [1.54, 1.807) is 18.2 Å². The molecule has 2 rings (SSSR count). The van der Waals surface area contributed by atoms with Crippen LogP contribution in [-0.4, -0.2) is 31.2 Å². The molecule has 0 aliphatic heterocycles. The molecule has 0 amide bonds. The van der Waals surface area contributed by atoms with E-state index in [4.69, 9.17) is 32.7 Å². The topological polar surface area (TPSA) is 21.7 Å². The summed E-state index contributed by atoms with van der Waals surface area (Å²) in [4.78, 5) is 2.26. The lowest BCUT2D eigenvalue weighted by Crippen LogP contribution is -2.29. The molecular weight excluding hydrogens is 369 g/mol. The molecule has 0 aromatic heterocycles. The van der Waals surface area contributed by atoms with Crippen LogP contribution in [0.25, 0.3) is 0 Å². The lowest BCUT2D eigenvalue weighted by atomic mass is 10.2. The van der Waals surface area contributed by atoms with E-state index in [9.17, 15) is 0 Å². The Balaban J connectivity index is 1.94. The highest BCUT2D eigenvalue weighted by Crippen LogP contribution is 2.29. The van der Waals surface area contributed by atoms with Gasteiger partial charge in [-0.1, -0.05) is 60.1 Å². The van der Waals surface area contributed by atoms with Crippen LogP contribution >= 0.6 is 23.2 Å². The fraction of sp³-hybridized carbons (Fsp3) is 0.333. The molecule has 0 N–H and O–H groups in total. The molecule has 1 atom stereocenters. The molecule has 5 heteroatoms. The second-order valence-electron chi connectivity index (χ2n) is 6.34. The first kappa shape index (κ1) is 20.6. The van der Waals surface area contributed by atoms with Gasteiger partial charge in [0.15, 0.2) is 0 Å². The van der Waals surface area contributed by atoms with Crippen molar-refractivity contribution in [3.63, 3.8) is 0 Å². The van der Waals surface area contributed by atoms with Gasteiger partial charge in [-0.2, -0.15) is 0 Å². The van der Waals surface area contributed by atoms with Gasteiger partial charge in [0, 0.05) is 24.5 Å². The summed E-state index contributed by atoms with van der Waals surface area (Å²) in [5.41, 5.74) is 1.28. The van der Waals surface area contributed by atoms with Crippen LogP contribution in [0.4, 0.5) is 0 Å². The van der Waals surface area contributed by atoms with Crippen LogP contribution in [-0.2, 0) is 11.3 Å². The molecule has 0 spiro atoms. The molecule has 3 nitrogen and oxygen atoms in total. The van der Waals surface area contributed by atoms with Crippen molar-refractivity contribution in [2.75, 3.05) is 20.2 Å². The third-order valence-corrected chi connectivity index (χ3v) is 4.36. The van der Waals surface area contributed by atoms with Crippen molar-refractivity contribution < 1.29 is 9.47 Å². The van der Waals surface area contributed by atoms with Crippen LogP contribution in [0.3, 0.4) is 0 Å². The maximum absolute atomic E-state index is 6.23. The lowest BCUT2D eigenvalue weighted by Gasteiger charge is -2.23. The SMILES string of the molecule is C=C(C)OC[C@@H](CCN(C)Cc1ccccc1)Oc1ccc(Cl)cc1Cl. The summed E-state index contributed by atoms with van der Waals surface area (Å²) in [5, 5.41) is 1.08. The fourth-order valence-corrected chi connectivity index (χ4v) is 2.95. The summed E-state index contributed by atoms with van der Waals surface area (Å²) in [6.45, 7) is 7.78. The van der Waals surface area contributed by atoms with E-state index in [2.05, 4.69) is 42.8 Å². The van der Waals surface area contributed by atoms with E-state index in [0.29, 0.717) is 28.2 Å². The molecule has 0 aliphatic carbocycles. The number of nitrogens with zero attached hydrogens (tertiary/aromatic N) is 1. The van der Waals surface area contributed by atoms with Gasteiger partial charge < -0.3 is 14.4 Å². The first-order chi connectivity index (χ1) is 12.4. The Morgan fingerprint density at radius 3 is 2.54 bits per heavy atom. The third kappa shape index (κ3) is 7.28. The molecule has 0 saturated carbocycles. The zero-order chi connectivity index (χ0) is 18.9. The Morgan fingerprint density at radius 2 is 1.88 bits per heavy atom. The zero-order valence-corrected chi connectivity index (χ0v) is 16.8. The average molecular weight is 394 g/mol. The van der Waals surface area contributed by atoms with Crippen LogP contribution < -0.4 is 4.74 Å². The number of benzene rings is 2. The average Bonchev–Trinajstić information content (AvgIpc) is 2.60. The molecule has 0 unspecified atom stereocenters. The van der Waals surface area contributed by atoms with Crippen LogP contribution in [0, 0.1) is 0 Å². The molecule has 2 aromatic rings. The summed E-state index contributed by atoms with van der Waals surface area (Å²) in [6.07, 6.45) is 0.666. The molecular formula is C21H25Cl2NO2. The minimum absolute atomic E-state index is 0.136. The summed E-state index contributed by atoms with van der Waals surface area (Å²) in [6, 6.07) is 15.6. The number of ether oxygens (including phenoxy) is 2. The highest BCUT2D eigenvalue weighted by molar-refractivity contribution is 6.35. The number of halogens is 2. The van der Waals surface area contributed by atoms with Crippen LogP contribution in [0.1, 0.15) is 18.9 Å². The van der Waals surface area contributed by atoms with Gasteiger partial charge in [0.05, 0.1) is 10.8 Å². The highest BCUT2D eigenvalue weighted by Gasteiger charge is 2.15. The summed E-state index contributed by atoms with van der Waals surface area (Å²) < 4.78 is 11.7. The molecule has 0 saturated heterocycles. The molecule has 2 aromatic carbocycles. The highest BCUT2D eigenvalue weighted by atomic mass is 35.5. The molecule has 0 aliphatic rings. The van der Waals surface area contributed by atoms with E-state index in [-0.39, 0.29) is 6.10 Å². The number of hydrogen-bond donors (Lipinski definition) is 0. The Labute approximate surface area is 166 Å². The molecule has 26 heavy (non-hydrogen) atoms. The summed E-state index contributed by atoms with van der Waals surface area (Å²) in [7, 11) is 2.10. The molecule has 140 valence electrons. The third-order valence-electron chi connectivity index (χ3n) is 3.83. The van der Waals surface area contributed by atoms with Crippen molar-refractivity contribution >= 4 is 23.2 Å². The summed E-state index contributed by atoms with van der Waals surface area (Å²) in [5.74, 6) is 1.27. The first-order valence-electron chi connectivity index (χ1n) is 8.56. The number of allylic oxidation sites excluding steroid dienone is 1. The molecule has 0 bridgehead atoms. The predicted molar refractivity (Wildman–Crippen MR) is 109 cm³/mol. The van der Waals surface area contributed by atoms with E-state index < -0.39 is 0 Å². The van der Waals surface area contributed by atoms with Crippen LogP contribution in [0.2, 0.25) is 10.0 Å². The van der Waals surface area contributed by atoms with Gasteiger partial charge in [-0.15, -0.1) is 0 Å². The van der Waals surface area contributed by atoms with E-state index >= 15 is 0 Å². The van der Waals surface area contributed by atoms with Crippen molar-refractivity contribution in [2.45, 2.75) is 26.0 Å². The van der Waals surface area contributed by atoms with Crippen LogP contribution in [0.15, 0.2) is 60.9 Å². The second kappa shape index (κ2) is 10.5. The van der Waals surface area contributed by atoms with Gasteiger partial charge in [0.25, 0.3) is 0 Å². The monoisotopic (exact) mass is 393 g/mol. The van der Waals surface area contributed by atoms with Crippen molar-refractivity contribution in [2.24, 2.45) is 0 Å². The number of rotatable bonds is 10. The lowest BCUT2D eigenvalue weighted by molar-refractivity contribution is 0.0768. The maximum Gasteiger partial charge on any atom is 0.138 e. The Kier molecular flexibility index (Phi) is 8.30. The smallest absolute Gasteiger partial charge is 0.138 e. The van der Waals surface area contributed by atoms with Gasteiger partial charge in [-0.25, -0.2) is 0 Å². The van der Waals surface area contributed by atoms with E-state index in [1.165, 1.54) is 5.56 Å². The van der Waals surface area contributed by atoms with Gasteiger partial charge in [-0.3, -0.25) is 0 Å². The van der Waals surface area contributed by atoms with Gasteiger partial charge in [0.2, 0.25) is 0 Å². The van der Waals surface area contributed by atoms with Crippen molar-refractivity contribution in [3.05, 3.63) is 76.5 Å². The Hall–Kier alpha value is -1.68. The number of hydrogen-bond acceptors (Lipinski definition) is 3. The fourth-order valence-electron chi connectivity index (χ4n) is 2.50. The van der Waals surface area contributed by atoms with Gasteiger partial charge in [0.1, 0.15) is 18.5 Å². The second-order valence-corrected chi connectivity index (χ2v) is 7.18. The van der Waals surface area contributed by atoms with Crippen LogP contribution in [0.5, 0.6) is 5.75 Å². The maximum atomic E-state index is 6.23. The van der Waals surface area contributed by atoms with Crippen molar-refractivity contribution in [3.8, 4) is 5.75 Å².